The first-order valence-corrected chi connectivity index (χ1v) is 8.29. The van der Waals surface area contributed by atoms with Crippen molar-refractivity contribution in [3.05, 3.63) is 39.4 Å². The SMILES string of the molecule is Cc1cccc([N+](=O)[O-])c1C(=O)N1CCCCCC1CBr. The Hall–Kier alpha value is -1.43. The fourth-order valence-electron chi connectivity index (χ4n) is 2.83. The Kier molecular flexibility index (Phi) is 5.33. The standard InChI is InChI=1S/C15H19BrN2O3/c1-11-6-5-8-13(18(20)21)14(11)15(19)17-9-4-2-3-7-12(17)10-16/h5-6,8,12H,2-4,7,9-10H2,1H3. The molecule has 1 unspecified atom stereocenters. The number of hydrogen-bond acceptors (Lipinski definition) is 3. The molecule has 6 heteroatoms. The highest BCUT2D eigenvalue weighted by Crippen LogP contribution is 2.27. The van der Waals surface area contributed by atoms with Gasteiger partial charge in [0, 0.05) is 24.0 Å². The molecule has 0 aromatic heterocycles. The van der Waals surface area contributed by atoms with Gasteiger partial charge in [-0.3, -0.25) is 14.9 Å². The molecule has 1 amide bonds. The fraction of sp³-hybridized carbons (Fsp3) is 0.533. The number of benzene rings is 1. The van der Waals surface area contributed by atoms with Crippen LogP contribution in [-0.2, 0) is 0 Å². The number of carbonyl (C=O) groups excluding carboxylic acids is 1. The van der Waals surface area contributed by atoms with Crippen molar-refractivity contribution in [3.63, 3.8) is 0 Å². The highest BCUT2D eigenvalue weighted by atomic mass is 79.9. The van der Waals surface area contributed by atoms with E-state index >= 15 is 0 Å². The summed E-state index contributed by atoms with van der Waals surface area (Å²) in [6.45, 7) is 2.42. The molecule has 0 aliphatic carbocycles. The molecular weight excluding hydrogens is 336 g/mol. The zero-order valence-corrected chi connectivity index (χ0v) is 13.6. The second-order valence-electron chi connectivity index (χ2n) is 5.38. The van der Waals surface area contributed by atoms with Crippen molar-refractivity contribution >= 4 is 27.5 Å². The minimum absolute atomic E-state index is 0.0995. The smallest absolute Gasteiger partial charge is 0.282 e. The first-order valence-electron chi connectivity index (χ1n) is 7.17. The Morgan fingerprint density at radius 2 is 2.19 bits per heavy atom. The molecule has 0 radical (unpaired) electrons. The van der Waals surface area contributed by atoms with Crippen LogP contribution in [0.25, 0.3) is 0 Å². The molecule has 1 saturated heterocycles. The molecule has 5 nitrogen and oxygen atoms in total. The van der Waals surface area contributed by atoms with Gasteiger partial charge in [0.05, 0.1) is 4.92 Å². The van der Waals surface area contributed by atoms with Gasteiger partial charge in [0.2, 0.25) is 0 Å². The molecule has 0 bridgehead atoms. The van der Waals surface area contributed by atoms with E-state index in [0.717, 1.165) is 25.7 Å². The summed E-state index contributed by atoms with van der Waals surface area (Å²) in [4.78, 5) is 25.4. The number of hydrogen-bond donors (Lipinski definition) is 0. The van der Waals surface area contributed by atoms with E-state index in [9.17, 15) is 14.9 Å². The molecule has 0 spiro atoms. The van der Waals surface area contributed by atoms with Crippen LogP contribution in [0.3, 0.4) is 0 Å². The summed E-state index contributed by atoms with van der Waals surface area (Å²) in [5.74, 6) is -0.217. The minimum Gasteiger partial charge on any atom is -0.335 e. The number of rotatable bonds is 3. The summed E-state index contributed by atoms with van der Waals surface area (Å²) in [6, 6.07) is 4.89. The highest BCUT2D eigenvalue weighted by Gasteiger charge is 2.31. The van der Waals surface area contributed by atoms with E-state index in [4.69, 9.17) is 0 Å². The highest BCUT2D eigenvalue weighted by molar-refractivity contribution is 9.09. The molecule has 1 atom stereocenters. The van der Waals surface area contributed by atoms with Crippen molar-refractivity contribution in [1.29, 1.82) is 0 Å². The summed E-state index contributed by atoms with van der Waals surface area (Å²) in [5.41, 5.74) is 0.791. The maximum atomic E-state index is 12.9. The number of nitrogens with zero attached hydrogens (tertiary/aromatic N) is 2. The Bertz CT molecular complexity index is 548. The molecule has 0 N–H and O–H groups in total. The van der Waals surface area contributed by atoms with Crippen molar-refractivity contribution in [1.82, 2.24) is 4.90 Å². The van der Waals surface area contributed by atoms with E-state index in [1.165, 1.54) is 6.07 Å². The third kappa shape index (κ3) is 3.43. The maximum Gasteiger partial charge on any atom is 0.282 e. The third-order valence-electron chi connectivity index (χ3n) is 3.98. The van der Waals surface area contributed by atoms with Crippen LogP contribution in [-0.4, -0.2) is 33.6 Å². The van der Waals surface area contributed by atoms with Crippen molar-refractivity contribution in [2.45, 2.75) is 38.6 Å². The first-order chi connectivity index (χ1) is 10.1. The van der Waals surface area contributed by atoms with Crippen LogP contribution < -0.4 is 0 Å². The number of carbonyl (C=O) groups is 1. The average Bonchev–Trinajstić information content (AvgIpc) is 2.71. The lowest BCUT2D eigenvalue weighted by molar-refractivity contribution is -0.385. The van der Waals surface area contributed by atoms with E-state index in [0.29, 0.717) is 17.4 Å². The molecule has 1 fully saturated rings. The molecule has 114 valence electrons. The average molecular weight is 355 g/mol. The molecular formula is C15H19BrN2O3. The predicted molar refractivity (Wildman–Crippen MR) is 84.9 cm³/mol. The number of likely N-dealkylation sites (tertiary alicyclic amines) is 1. The monoisotopic (exact) mass is 354 g/mol. The van der Waals surface area contributed by atoms with Crippen LogP contribution in [0.1, 0.15) is 41.6 Å². The van der Waals surface area contributed by atoms with Gasteiger partial charge in [-0.1, -0.05) is 40.9 Å². The van der Waals surface area contributed by atoms with Crippen molar-refractivity contribution in [2.75, 3.05) is 11.9 Å². The van der Waals surface area contributed by atoms with Crippen molar-refractivity contribution in [3.8, 4) is 0 Å². The van der Waals surface area contributed by atoms with Crippen LogP contribution in [0.5, 0.6) is 0 Å². The van der Waals surface area contributed by atoms with Gasteiger partial charge in [0.25, 0.3) is 11.6 Å². The topological polar surface area (TPSA) is 63.5 Å². The molecule has 1 aliphatic heterocycles. The molecule has 1 heterocycles. The second kappa shape index (κ2) is 7.02. The van der Waals surface area contributed by atoms with E-state index in [1.807, 2.05) is 0 Å². The van der Waals surface area contributed by atoms with Crippen LogP contribution in [0.2, 0.25) is 0 Å². The van der Waals surface area contributed by atoms with Crippen molar-refractivity contribution in [2.24, 2.45) is 0 Å². The lowest BCUT2D eigenvalue weighted by Gasteiger charge is -2.29. The number of amides is 1. The zero-order valence-electron chi connectivity index (χ0n) is 12.0. The molecule has 2 rings (SSSR count). The number of alkyl halides is 1. The normalized spacial score (nSPS) is 19.1. The molecule has 1 aromatic rings. The largest absolute Gasteiger partial charge is 0.335 e. The van der Waals surface area contributed by atoms with E-state index in [-0.39, 0.29) is 23.2 Å². The van der Waals surface area contributed by atoms with Gasteiger partial charge < -0.3 is 4.90 Å². The zero-order chi connectivity index (χ0) is 15.4. The van der Waals surface area contributed by atoms with Crippen LogP contribution in [0, 0.1) is 17.0 Å². The minimum atomic E-state index is -0.471. The van der Waals surface area contributed by atoms with Crippen LogP contribution >= 0.6 is 15.9 Å². The van der Waals surface area contributed by atoms with Crippen LogP contribution in [0.15, 0.2) is 18.2 Å². The Labute approximate surface area is 132 Å². The Morgan fingerprint density at radius 1 is 1.43 bits per heavy atom. The quantitative estimate of drug-likeness (QED) is 0.472. The van der Waals surface area contributed by atoms with Gasteiger partial charge in [0.15, 0.2) is 0 Å². The third-order valence-corrected chi connectivity index (χ3v) is 4.72. The number of halogens is 1. The summed E-state index contributed by atoms with van der Waals surface area (Å²) < 4.78 is 0. The number of aryl methyl sites for hydroxylation is 1. The first kappa shape index (κ1) is 15.9. The Morgan fingerprint density at radius 3 is 2.86 bits per heavy atom. The lowest BCUT2D eigenvalue weighted by Crippen LogP contribution is -2.41. The van der Waals surface area contributed by atoms with Gasteiger partial charge >= 0.3 is 0 Å². The summed E-state index contributed by atoms with van der Waals surface area (Å²) >= 11 is 3.47. The van der Waals surface area contributed by atoms with Crippen LogP contribution in [0.4, 0.5) is 5.69 Å². The fourth-order valence-corrected chi connectivity index (χ4v) is 3.50. The Balaban J connectivity index is 2.40. The van der Waals surface area contributed by atoms with Gasteiger partial charge in [-0.25, -0.2) is 0 Å². The summed E-state index contributed by atoms with van der Waals surface area (Å²) in [7, 11) is 0. The molecule has 1 aromatic carbocycles. The molecule has 1 aliphatic rings. The predicted octanol–water partition coefficient (Wildman–Crippen LogP) is 3.68. The van der Waals surface area contributed by atoms with Gasteiger partial charge in [-0.2, -0.15) is 0 Å². The van der Waals surface area contributed by atoms with E-state index in [1.54, 1.807) is 24.0 Å². The molecule has 21 heavy (non-hydrogen) atoms. The maximum absolute atomic E-state index is 12.9. The number of nitro groups is 1. The van der Waals surface area contributed by atoms with Crippen molar-refractivity contribution < 1.29 is 9.72 Å². The lowest BCUT2D eigenvalue weighted by atomic mass is 10.0. The number of nitro benzene ring substituents is 1. The van der Waals surface area contributed by atoms with Gasteiger partial charge in [-0.15, -0.1) is 0 Å². The summed E-state index contributed by atoms with van der Waals surface area (Å²) in [5, 5.41) is 11.9. The van der Waals surface area contributed by atoms with E-state index in [2.05, 4.69) is 15.9 Å². The molecule has 0 saturated carbocycles. The van der Waals surface area contributed by atoms with E-state index < -0.39 is 4.92 Å². The van der Waals surface area contributed by atoms with Gasteiger partial charge in [-0.05, 0) is 25.3 Å². The second-order valence-corrected chi connectivity index (χ2v) is 6.03. The van der Waals surface area contributed by atoms with Gasteiger partial charge in [0.1, 0.15) is 5.56 Å². The summed E-state index contributed by atoms with van der Waals surface area (Å²) in [6.07, 6.45) is 4.09.